The summed E-state index contributed by atoms with van der Waals surface area (Å²) in [6.07, 6.45) is 1.04. The summed E-state index contributed by atoms with van der Waals surface area (Å²) in [7, 11) is 1.87. The Balaban J connectivity index is 0.00000280. The van der Waals surface area contributed by atoms with Crippen LogP contribution in [0.4, 0.5) is 0 Å². The molecule has 1 aliphatic rings. The fraction of sp³-hybridized carbons (Fsp3) is 0.524. The fourth-order valence-corrected chi connectivity index (χ4v) is 3.62. The van der Waals surface area contributed by atoms with Gasteiger partial charge in [0.25, 0.3) is 0 Å². The van der Waals surface area contributed by atoms with E-state index in [1.807, 2.05) is 14.0 Å². The van der Waals surface area contributed by atoms with Crippen LogP contribution >= 0.6 is 24.0 Å². The van der Waals surface area contributed by atoms with Crippen molar-refractivity contribution in [3.05, 3.63) is 53.3 Å². The standard InChI is InChI=1S/C21H32N6.HI/c1-18-16-19(2)27(24-18)11-7-10-23-21(22-3)26-14-12-25(13-15-26)17-20-8-5-4-6-9-20;/h4-6,8-9,16H,7,10-15,17H2,1-3H3,(H,22,23);1H. The second kappa shape index (κ2) is 11.4. The lowest BCUT2D eigenvalue weighted by atomic mass is 10.2. The summed E-state index contributed by atoms with van der Waals surface area (Å²) in [6.45, 7) is 11.2. The van der Waals surface area contributed by atoms with E-state index in [0.29, 0.717) is 0 Å². The maximum absolute atomic E-state index is 4.52. The highest BCUT2D eigenvalue weighted by molar-refractivity contribution is 14.0. The molecule has 0 bridgehead atoms. The topological polar surface area (TPSA) is 48.7 Å². The molecule has 0 aliphatic carbocycles. The Labute approximate surface area is 186 Å². The van der Waals surface area contributed by atoms with E-state index < -0.39 is 0 Å². The van der Waals surface area contributed by atoms with Crippen LogP contribution in [0.2, 0.25) is 0 Å². The number of aromatic nitrogens is 2. The smallest absolute Gasteiger partial charge is 0.193 e. The average Bonchev–Trinajstić information content (AvgIpc) is 3.01. The zero-order valence-corrected chi connectivity index (χ0v) is 19.6. The highest BCUT2D eigenvalue weighted by Gasteiger charge is 2.19. The van der Waals surface area contributed by atoms with Crippen LogP contribution in [0.3, 0.4) is 0 Å². The lowest BCUT2D eigenvalue weighted by molar-refractivity contribution is 0.172. The minimum absolute atomic E-state index is 0. The van der Waals surface area contributed by atoms with Gasteiger partial charge in [-0.1, -0.05) is 30.3 Å². The number of aliphatic imine (C=N–C) groups is 1. The number of hydrogen-bond donors (Lipinski definition) is 1. The van der Waals surface area contributed by atoms with Crippen molar-refractivity contribution in [2.45, 2.75) is 33.4 Å². The summed E-state index contributed by atoms with van der Waals surface area (Å²) in [5, 5.41) is 8.04. The molecule has 0 radical (unpaired) electrons. The largest absolute Gasteiger partial charge is 0.356 e. The van der Waals surface area contributed by atoms with Gasteiger partial charge in [-0.15, -0.1) is 24.0 Å². The first kappa shape index (κ1) is 22.7. The van der Waals surface area contributed by atoms with Crippen LogP contribution in [-0.4, -0.2) is 65.3 Å². The van der Waals surface area contributed by atoms with Crippen molar-refractivity contribution in [2.75, 3.05) is 39.8 Å². The molecule has 3 rings (SSSR count). The fourth-order valence-electron chi connectivity index (χ4n) is 3.62. The molecule has 0 saturated carbocycles. The number of benzene rings is 1. The number of nitrogens with one attached hydrogen (secondary N) is 1. The Morgan fingerprint density at radius 3 is 2.43 bits per heavy atom. The SMILES string of the molecule is CN=C(NCCCn1nc(C)cc1C)N1CCN(Cc2ccccc2)CC1.I. The van der Waals surface area contributed by atoms with E-state index in [-0.39, 0.29) is 24.0 Å². The summed E-state index contributed by atoms with van der Waals surface area (Å²) >= 11 is 0. The van der Waals surface area contributed by atoms with E-state index in [0.717, 1.165) is 63.9 Å². The second-order valence-electron chi connectivity index (χ2n) is 7.23. The van der Waals surface area contributed by atoms with Crippen molar-refractivity contribution in [2.24, 2.45) is 4.99 Å². The van der Waals surface area contributed by atoms with Crippen LogP contribution in [-0.2, 0) is 13.1 Å². The summed E-state index contributed by atoms with van der Waals surface area (Å²) in [5.74, 6) is 1.02. The molecule has 1 N–H and O–H groups in total. The van der Waals surface area contributed by atoms with E-state index in [9.17, 15) is 0 Å². The van der Waals surface area contributed by atoms with Crippen molar-refractivity contribution in [3.8, 4) is 0 Å². The minimum atomic E-state index is 0. The maximum atomic E-state index is 4.52. The molecule has 1 fully saturated rings. The lowest BCUT2D eigenvalue weighted by Gasteiger charge is -2.36. The third-order valence-corrected chi connectivity index (χ3v) is 5.07. The van der Waals surface area contributed by atoms with Crippen LogP contribution in [0.25, 0.3) is 0 Å². The first-order valence-corrected chi connectivity index (χ1v) is 9.88. The molecule has 0 unspecified atom stereocenters. The monoisotopic (exact) mass is 496 g/mol. The maximum Gasteiger partial charge on any atom is 0.193 e. The van der Waals surface area contributed by atoms with Crippen LogP contribution in [0, 0.1) is 13.8 Å². The van der Waals surface area contributed by atoms with Gasteiger partial charge in [-0.3, -0.25) is 14.6 Å². The van der Waals surface area contributed by atoms with E-state index >= 15 is 0 Å². The predicted molar refractivity (Wildman–Crippen MR) is 126 cm³/mol. The number of halogens is 1. The van der Waals surface area contributed by atoms with Gasteiger partial charge in [-0.25, -0.2) is 0 Å². The summed E-state index contributed by atoms with van der Waals surface area (Å²) < 4.78 is 2.09. The van der Waals surface area contributed by atoms with Gasteiger partial charge in [-0.05, 0) is 31.9 Å². The number of rotatable bonds is 6. The zero-order valence-electron chi connectivity index (χ0n) is 17.3. The van der Waals surface area contributed by atoms with Gasteiger partial charge in [0.15, 0.2) is 5.96 Å². The molecule has 0 amide bonds. The molecular formula is C21H33IN6. The summed E-state index contributed by atoms with van der Waals surface area (Å²) in [4.78, 5) is 9.36. The Bertz CT molecular complexity index is 735. The molecule has 1 aliphatic heterocycles. The molecule has 6 nitrogen and oxygen atoms in total. The normalized spacial score (nSPS) is 15.4. The Hall–Kier alpha value is -1.61. The van der Waals surface area contributed by atoms with Gasteiger partial charge >= 0.3 is 0 Å². The van der Waals surface area contributed by atoms with E-state index in [1.165, 1.54) is 11.3 Å². The van der Waals surface area contributed by atoms with E-state index in [1.54, 1.807) is 0 Å². The lowest BCUT2D eigenvalue weighted by Crippen LogP contribution is -2.52. The van der Waals surface area contributed by atoms with Crippen molar-refractivity contribution >= 4 is 29.9 Å². The molecular weight excluding hydrogens is 463 g/mol. The first-order chi connectivity index (χ1) is 13.2. The molecule has 2 heterocycles. The van der Waals surface area contributed by atoms with Gasteiger partial charge in [0.2, 0.25) is 0 Å². The molecule has 1 aromatic heterocycles. The van der Waals surface area contributed by atoms with Gasteiger partial charge < -0.3 is 10.2 Å². The van der Waals surface area contributed by atoms with Gasteiger partial charge in [-0.2, -0.15) is 5.10 Å². The Kier molecular flexibility index (Phi) is 9.24. The second-order valence-corrected chi connectivity index (χ2v) is 7.23. The van der Waals surface area contributed by atoms with Crippen LogP contribution in [0.15, 0.2) is 41.4 Å². The van der Waals surface area contributed by atoms with E-state index in [2.05, 4.69) is 73.2 Å². The number of piperazine rings is 1. The third-order valence-electron chi connectivity index (χ3n) is 5.07. The van der Waals surface area contributed by atoms with Crippen LogP contribution < -0.4 is 5.32 Å². The molecule has 0 atom stereocenters. The van der Waals surface area contributed by atoms with Crippen molar-refractivity contribution in [1.82, 2.24) is 24.9 Å². The molecule has 28 heavy (non-hydrogen) atoms. The van der Waals surface area contributed by atoms with Crippen LogP contribution in [0.1, 0.15) is 23.4 Å². The molecule has 1 saturated heterocycles. The molecule has 7 heteroatoms. The minimum Gasteiger partial charge on any atom is -0.356 e. The number of guanidine groups is 1. The highest BCUT2D eigenvalue weighted by Crippen LogP contribution is 2.08. The summed E-state index contributed by atoms with van der Waals surface area (Å²) in [6, 6.07) is 12.8. The third kappa shape index (κ3) is 6.48. The van der Waals surface area contributed by atoms with Crippen molar-refractivity contribution in [1.29, 1.82) is 0 Å². The zero-order chi connectivity index (χ0) is 19.1. The van der Waals surface area contributed by atoms with E-state index in [4.69, 9.17) is 0 Å². The summed E-state index contributed by atoms with van der Waals surface area (Å²) in [5.41, 5.74) is 3.70. The Morgan fingerprint density at radius 2 is 1.82 bits per heavy atom. The van der Waals surface area contributed by atoms with Crippen LogP contribution in [0.5, 0.6) is 0 Å². The van der Waals surface area contributed by atoms with Gasteiger partial charge in [0.1, 0.15) is 0 Å². The number of aryl methyl sites for hydroxylation is 3. The highest BCUT2D eigenvalue weighted by atomic mass is 127. The van der Waals surface area contributed by atoms with Crippen molar-refractivity contribution in [3.63, 3.8) is 0 Å². The van der Waals surface area contributed by atoms with Gasteiger partial charge in [0, 0.05) is 58.6 Å². The average molecular weight is 496 g/mol. The molecule has 154 valence electrons. The molecule has 0 spiro atoms. The number of hydrogen-bond acceptors (Lipinski definition) is 3. The first-order valence-electron chi connectivity index (χ1n) is 9.88. The van der Waals surface area contributed by atoms with Crippen molar-refractivity contribution < 1.29 is 0 Å². The molecule has 1 aromatic carbocycles. The Morgan fingerprint density at radius 1 is 1.11 bits per heavy atom. The predicted octanol–water partition coefficient (Wildman–Crippen LogP) is 2.90. The van der Waals surface area contributed by atoms with Gasteiger partial charge in [0.05, 0.1) is 5.69 Å². The number of nitrogens with zero attached hydrogens (tertiary/aromatic N) is 5. The quantitative estimate of drug-likeness (QED) is 0.289. The molecule has 2 aromatic rings.